The van der Waals surface area contributed by atoms with Gasteiger partial charge in [0.05, 0.1) is 22.9 Å². The first-order chi connectivity index (χ1) is 14.9. The van der Waals surface area contributed by atoms with Crippen molar-refractivity contribution in [3.05, 3.63) is 36.3 Å². The lowest BCUT2D eigenvalue weighted by molar-refractivity contribution is 0.256. The highest BCUT2D eigenvalue weighted by Crippen LogP contribution is 2.32. The summed E-state index contributed by atoms with van der Waals surface area (Å²) in [6, 6.07) is 7.09. The third-order valence-electron chi connectivity index (χ3n) is 5.85. The van der Waals surface area contributed by atoms with Crippen LogP contribution in [0.2, 0.25) is 0 Å². The molecule has 4 rings (SSSR count). The summed E-state index contributed by atoms with van der Waals surface area (Å²) in [5, 5.41) is 13.3. The molecular weight excluding hydrogens is 414 g/mol. The number of nitriles is 1. The Kier molecular flexibility index (Phi) is 5.89. The smallest absolute Gasteiger partial charge is 0.243 e. The molecule has 2 aromatic heterocycles. The minimum absolute atomic E-state index is 0.0693. The summed E-state index contributed by atoms with van der Waals surface area (Å²) in [6.45, 7) is 2.11. The number of hydrogen-bond donors (Lipinski definition) is 1. The van der Waals surface area contributed by atoms with E-state index in [1.807, 2.05) is 6.92 Å². The Balaban J connectivity index is 1.78. The van der Waals surface area contributed by atoms with Gasteiger partial charge in [-0.3, -0.25) is 0 Å². The quantitative estimate of drug-likeness (QED) is 0.625. The molecule has 31 heavy (non-hydrogen) atoms. The number of benzene rings is 1. The highest BCUT2D eigenvalue weighted by atomic mass is 32.2. The lowest BCUT2D eigenvalue weighted by Crippen LogP contribution is -2.42. The van der Waals surface area contributed by atoms with Crippen LogP contribution < -0.4 is 5.73 Å². The standard InChI is InChI=1S/C21H25N7O2S/c1-15-8-9-17(12-18(15)19-13-24-21-20(23)25-14-26-28(19)21)31(29,30)27(11-5-10-22)16-6-3-2-4-7-16/h8-9,12-14,16H,2-7,11H2,1H3,(H2,23,25,26). The first-order valence-electron chi connectivity index (χ1n) is 10.4. The van der Waals surface area contributed by atoms with Crippen molar-refractivity contribution in [2.45, 2.75) is 56.4 Å². The number of anilines is 1. The van der Waals surface area contributed by atoms with Crippen LogP contribution in [0.15, 0.2) is 35.6 Å². The first kappa shape index (κ1) is 21.2. The second-order valence-corrected chi connectivity index (χ2v) is 9.71. The predicted octanol–water partition coefficient (Wildman–Crippen LogP) is 2.92. The molecule has 1 saturated carbocycles. The average Bonchev–Trinajstić information content (AvgIpc) is 3.20. The van der Waals surface area contributed by atoms with Crippen molar-refractivity contribution < 1.29 is 8.42 Å². The van der Waals surface area contributed by atoms with E-state index >= 15 is 0 Å². The number of imidazole rings is 1. The number of aryl methyl sites for hydroxylation is 1. The second kappa shape index (κ2) is 8.61. The van der Waals surface area contributed by atoms with E-state index in [9.17, 15) is 8.42 Å². The van der Waals surface area contributed by atoms with Crippen LogP contribution in [0.25, 0.3) is 16.9 Å². The largest absolute Gasteiger partial charge is 0.381 e. The van der Waals surface area contributed by atoms with Crippen molar-refractivity contribution in [1.82, 2.24) is 23.9 Å². The average molecular weight is 440 g/mol. The number of nitrogens with two attached hydrogens (primary N) is 1. The van der Waals surface area contributed by atoms with Crippen molar-refractivity contribution in [2.24, 2.45) is 0 Å². The van der Waals surface area contributed by atoms with Crippen LogP contribution in [-0.4, -0.2) is 44.9 Å². The van der Waals surface area contributed by atoms with Gasteiger partial charge in [-0.05, 0) is 37.5 Å². The maximum Gasteiger partial charge on any atom is 0.243 e. The van der Waals surface area contributed by atoms with Gasteiger partial charge in [0.15, 0.2) is 11.5 Å². The summed E-state index contributed by atoms with van der Waals surface area (Å²) in [7, 11) is -3.77. The van der Waals surface area contributed by atoms with Gasteiger partial charge in [0.25, 0.3) is 0 Å². The van der Waals surface area contributed by atoms with Crippen LogP contribution in [0, 0.1) is 18.3 Å². The fourth-order valence-electron chi connectivity index (χ4n) is 4.22. The predicted molar refractivity (Wildman–Crippen MR) is 116 cm³/mol. The number of rotatable bonds is 6. The summed E-state index contributed by atoms with van der Waals surface area (Å²) in [5.41, 5.74) is 8.54. The van der Waals surface area contributed by atoms with Crippen LogP contribution >= 0.6 is 0 Å². The van der Waals surface area contributed by atoms with Crippen LogP contribution in [-0.2, 0) is 10.0 Å². The molecule has 0 unspecified atom stereocenters. The van der Waals surface area contributed by atoms with Gasteiger partial charge in [-0.15, -0.1) is 0 Å². The van der Waals surface area contributed by atoms with Gasteiger partial charge in [0, 0.05) is 24.6 Å². The Labute approximate surface area is 181 Å². The van der Waals surface area contributed by atoms with E-state index < -0.39 is 10.0 Å². The topological polar surface area (TPSA) is 130 Å². The van der Waals surface area contributed by atoms with Gasteiger partial charge in [-0.25, -0.2) is 22.9 Å². The minimum Gasteiger partial charge on any atom is -0.381 e. The lowest BCUT2D eigenvalue weighted by atomic mass is 9.95. The number of sulfonamides is 1. The number of fused-ring (bicyclic) bond motifs is 1. The molecule has 1 aromatic carbocycles. The zero-order valence-corrected chi connectivity index (χ0v) is 18.2. The minimum atomic E-state index is -3.77. The van der Waals surface area contributed by atoms with Crippen molar-refractivity contribution in [1.29, 1.82) is 5.26 Å². The molecule has 2 N–H and O–H groups in total. The number of aromatic nitrogens is 4. The molecule has 2 heterocycles. The molecule has 1 fully saturated rings. The van der Waals surface area contributed by atoms with E-state index in [2.05, 4.69) is 21.1 Å². The molecule has 0 spiro atoms. The Morgan fingerprint density at radius 3 is 2.77 bits per heavy atom. The molecule has 162 valence electrons. The Morgan fingerprint density at radius 2 is 2.03 bits per heavy atom. The van der Waals surface area contributed by atoms with Crippen molar-refractivity contribution in [3.63, 3.8) is 0 Å². The van der Waals surface area contributed by atoms with Crippen LogP contribution in [0.3, 0.4) is 0 Å². The molecule has 0 radical (unpaired) electrons. The maximum atomic E-state index is 13.6. The molecule has 0 aliphatic heterocycles. The summed E-state index contributed by atoms with van der Waals surface area (Å²) in [5.74, 6) is 0.252. The molecule has 0 bridgehead atoms. The normalized spacial score (nSPS) is 15.4. The lowest BCUT2D eigenvalue weighted by Gasteiger charge is -2.33. The number of nitrogens with zero attached hydrogens (tertiary/aromatic N) is 6. The van der Waals surface area contributed by atoms with Gasteiger partial charge in [-0.2, -0.15) is 14.7 Å². The van der Waals surface area contributed by atoms with Crippen LogP contribution in [0.5, 0.6) is 0 Å². The molecule has 1 aliphatic carbocycles. The summed E-state index contributed by atoms with van der Waals surface area (Å²) >= 11 is 0. The molecule has 10 heteroatoms. The molecule has 9 nitrogen and oxygen atoms in total. The maximum absolute atomic E-state index is 13.6. The third kappa shape index (κ3) is 3.98. The Hall–Kier alpha value is -3.03. The molecule has 1 aliphatic rings. The summed E-state index contributed by atoms with van der Waals surface area (Å²) in [6.07, 6.45) is 7.91. The van der Waals surface area contributed by atoms with E-state index in [-0.39, 0.29) is 29.7 Å². The molecular formula is C21H25N7O2S. The van der Waals surface area contributed by atoms with Crippen molar-refractivity contribution >= 4 is 21.5 Å². The summed E-state index contributed by atoms with van der Waals surface area (Å²) in [4.78, 5) is 8.45. The van der Waals surface area contributed by atoms with E-state index in [0.717, 1.165) is 37.7 Å². The molecule has 0 amide bonds. The van der Waals surface area contributed by atoms with Crippen LogP contribution in [0.4, 0.5) is 5.82 Å². The van der Waals surface area contributed by atoms with Gasteiger partial charge in [-0.1, -0.05) is 25.3 Å². The third-order valence-corrected chi connectivity index (χ3v) is 7.80. The number of nitrogen functional groups attached to an aromatic ring is 1. The fraction of sp³-hybridized carbons (Fsp3) is 0.429. The zero-order chi connectivity index (χ0) is 22.0. The van der Waals surface area contributed by atoms with Crippen molar-refractivity contribution in [3.8, 4) is 17.3 Å². The first-order valence-corrected chi connectivity index (χ1v) is 11.8. The Bertz CT molecular complexity index is 1240. The van der Waals surface area contributed by atoms with Gasteiger partial charge in [0.2, 0.25) is 10.0 Å². The highest BCUT2D eigenvalue weighted by molar-refractivity contribution is 7.89. The summed E-state index contributed by atoms with van der Waals surface area (Å²) < 4.78 is 30.4. The van der Waals surface area contributed by atoms with Crippen LogP contribution in [0.1, 0.15) is 44.1 Å². The van der Waals surface area contributed by atoms with E-state index in [1.165, 1.54) is 10.6 Å². The van der Waals surface area contributed by atoms with Gasteiger partial charge in [0.1, 0.15) is 6.33 Å². The van der Waals surface area contributed by atoms with Crippen molar-refractivity contribution in [2.75, 3.05) is 12.3 Å². The fourth-order valence-corrected chi connectivity index (χ4v) is 5.93. The van der Waals surface area contributed by atoms with E-state index in [1.54, 1.807) is 28.9 Å². The van der Waals surface area contributed by atoms with Gasteiger partial charge >= 0.3 is 0 Å². The SMILES string of the molecule is Cc1ccc(S(=O)(=O)N(CCC#N)C2CCCCC2)cc1-c1cnc2c(N)ncnn12. The van der Waals surface area contributed by atoms with E-state index in [4.69, 9.17) is 11.0 Å². The Morgan fingerprint density at radius 1 is 1.26 bits per heavy atom. The van der Waals surface area contributed by atoms with E-state index in [0.29, 0.717) is 16.9 Å². The number of hydrogen-bond acceptors (Lipinski definition) is 7. The zero-order valence-electron chi connectivity index (χ0n) is 17.4. The second-order valence-electron chi connectivity index (χ2n) is 7.82. The van der Waals surface area contributed by atoms with Gasteiger partial charge < -0.3 is 5.73 Å². The monoisotopic (exact) mass is 439 g/mol. The molecule has 0 saturated heterocycles. The molecule has 3 aromatic rings. The highest BCUT2D eigenvalue weighted by Gasteiger charge is 2.32. The molecule has 0 atom stereocenters.